The predicted octanol–water partition coefficient (Wildman–Crippen LogP) is 2.32. The highest BCUT2D eigenvalue weighted by Gasteiger charge is 2.36. The maximum absolute atomic E-state index is 10.7. The number of hydrogen-bond donors (Lipinski definition) is 0. The highest BCUT2D eigenvalue weighted by Crippen LogP contribution is 2.20. The molecule has 0 aliphatic carbocycles. The summed E-state index contributed by atoms with van der Waals surface area (Å²) < 4.78 is 60.0. The van der Waals surface area contributed by atoms with Crippen LogP contribution in [0, 0.1) is 0 Å². The van der Waals surface area contributed by atoms with Crippen LogP contribution in [0.2, 0.25) is 0 Å². The van der Waals surface area contributed by atoms with Crippen molar-refractivity contribution in [2.75, 3.05) is 27.7 Å². The molecule has 0 N–H and O–H groups in total. The molecule has 0 amide bonds. The Morgan fingerprint density at radius 2 is 1.44 bits per heavy atom. The van der Waals surface area contributed by atoms with Crippen LogP contribution in [-0.4, -0.2) is 50.6 Å². The minimum atomic E-state index is -6.09. The van der Waals surface area contributed by atoms with E-state index in [0.29, 0.717) is 0 Å². The van der Waals surface area contributed by atoms with Gasteiger partial charge in [0.25, 0.3) is 0 Å². The molecule has 0 radical (unpaired) electrons. The molecule has 0 aromatic carbocycles. The van der Waals surface area contributed by atoms with Gasteiger partial charge < -0.3 is 9.04 Å². The summed E-state index contributed by atoms with van der Waals surface area (Å²) in [7, 11) is 0.677. The lowest BCUT2D eigenvalue weighted by atomic mass is 10.2. The molecule has 112 valence electrons. The molecule has 0 aliphatic heterocycles. The van der Waals surface area contributed by atoms with Crippen LogP contribution in [0.25, 0.3) is 0 Å². The number of alkyl halides is 3. The number of unbranched alkanes of at least 4 members (excludes halogenated alkanes) is 3. The Morgan fingerprint density at radius 1 is 1.06 bits per heavy atom. The van der Waals surface area contributed by atoms with Gasteiger partial charge in [-0.15, -0.1) is 0 Å². The SMILES string of the molecule is CCCCCC[N+](C)(C)C.O=S(=O)([O-])C(F)(F)F. The molecule has 0 saturated heterocycles. The monoisotopic (exact) mass is 293 g/mol. The Balaban J connectivity index is 0. The van der Waals surface area contributed by atoms with Crippen LogP contribution in [0.15, 0.2) is 0 Å². The topological polar surface area (TPSA) is 57.2 Å². The number of rotatable bonds is 5. The normalized spacial score (nSPS) is 12.9. The van der Waals surface area contributed by atoms with Crippen molar-refractivity contribution in [1.29, 1.82) is 0 Å². The highest BCUT2D eigenvalue weighted by atomic mass is 32.2. The van der Waals surface area contributed by atoms with Gasteiger partial charge in [0, 0.05) is 0 Å². The molecule has 0 heterocycles. The second-order valence-electron chi connectivity index (χ2n) is 4.97. The molecule has 0 fully saturated rings. The number of hydrogen-bond acceptors (Lipinski definition) is 3. The largest absolute Gasteiger partial charge is 0.741 e. The first-order valence-electron chi connectivity index (χ1n) is 5.64. The van der Waals surface area contributed by atoms with Gasteiger partial charge in [-0.2, -0.15) is 13.2 Å². The lowest BCUT2D eigenvalue weighted by molar-refractivity contribution is -0.870. The minimum absolute atomic E-state index is 1.11. The van der Waals surface area contributed by atoms with Gasteiger partial charge in [-0.05, 0) is 12.8 Å². The molecule has 0 saturated carbocycles. The molecule has 0 spiro atoms. The van der Waals surface area contributed by atoms with Gasteiger partial charge in [0.1, 0.15) is 0 Å². The molecule has 18 heavy (non-hydrogen) atoms. The highest BCUT2D eigenvalue weighted by molar-refractivity contribution is 7.86. The first-order valence-corrected chi connectivity index (χ1v) is 7.04. The first-order chi connectivity index (χ1) is 7.81. The van der Waals surface area contributed by atoms with E-state index in [1.165, 1.54) is 32.2 Å². The molecule has 0 aromatic heterocycles. The van der Waals surface area contributed by atoms with E-state index in [-0.39, 0.29) is 0 Å². The van der Waals surface area contributed by atoms with Gasteiger partial charge in [-0.1, -0.05) is 19.8 Å². The molecule has 0 aliphatic rings. The van der Waals surface area contributed by atoms with Gasteiger partial charge in [-0.25, -0.2) is 8.42 Å². The van der Waals surface area contributed by atoms with Crippen molar-refractivity contribution < 1.29 is 30.6 Å². The van der Waals surface area contributed by atoms with Crippen LogP contribution in [0.5, 0.6) is 0 Å². The molecule has 8 heteroatoms. The Hall–Kier alpha value is -0.340. The second-order valence-corrected chi connectivity index (χ2v) is 6.35. The number of halogens is 3. The van der Waals surface area contributed by atoms with E-state index in [9.17, 15) is 13.2 Å². The fourth-order valence-corrected chi connectivity index (χ4v) is 1.01. The Kier molecular flexibility index (Phi) is 8.84. The fraction of sp³-hybridized carbons (Fsp3) is 1.00. The summed E-state index contributed by atoms with van der Waals surface area (Å²) in [5, 5.41) is 0. The van der Waals surface area contributed by atoms with Crippen LogP contribution < -0.4 is 0 Å². The summed E-state index contributed by atoms with van der Waals surface area (Å²) in [4.78, 5) is 0. The van der Waals surface area contributed by atoms with Crippen molar-refractivity contribution in [3.05, 3.63) is 0 Å². The van der Waals surface area contributed by atoms with Crippen molar-refractivity contribution in [3.8, 4) is 0 Å². The third kappa shape index (κ3) is 13.7. The molecule has 0 unspecified atom stereocenters. The summed E-state index contributed by atoms with van der Waals surface area (Å²) in [5.74, 6) is 0. The zero-order valence-corrected chi connectivity index (χ0v) is 12.1. The summed E-state index contributed by atoms with van der Waals surface area (Å²) in [6, 6.07) is 0. The van der Waals surface area contributed by atoms with Crippen LogP contribution in [-0.2, 0) is 10.1 Å². The van der Waals surface area contributed by atoms with Crippen LogP contribution in [0.1, 0.15) is 32.6 Å². The van der Waals surface area contributed by atoms with Gasteiger partial charge in [0.15, 0.2) is 10.1 Å². The van der Waals surface area contributed by atoms with Gasteiger partial charge in [0.2, 0.25) is 0 Å². The molecule has 0 aromatic rings. The number of nitrogens with zero attached hydrogens (tertiary/aromatic N) is 1. The quantitative estimate of drug-likeness (QED) is 0.338. The van der Waals surface area contributed by atoms with Crippen LogP contribution >= 0.6 is 0 Å². The second kappa shape index (κ2) is 7.96. The van der Waals surface area contributed by atoms with Gasteiger partial charge in [0.05, 0.1) is 27.7 Å². The maximum atomic E-state index is 10.7. The third-order valence-electron chi connectivity index (χ3n) is 1.97. The Bertz CT molecular complexity index is 307. The first kappa shape index (κ1) is 20.0. The predicted molar refractivity (Wildman–Crippen MR) is 62.8 cm³/mol. The maximum Gasteiger partial charge on any atom is 0.485 e. The average molecular weight is 293 g/mol. The van der Waals surface area contributed by atoms with E-state index >= 15 is 0 Å². The minimum Gasteiger partial charge on any atom is -0.741 e. The van der Waals surface area contributed by atoms with Gasteiger partial charge in [-0.3, -0.25) is 0 Å². The van der Waals surface area contributed by atoms with Crippen molar-refractivity contribution >= 4 is 10.1 Å². The fourth-order valence-electron chi connectivity index (χ4n) is 1.01. The standard InChI is InChI=1S/C9H22N.CHF3O3S/c1-5-6-7-8-9-10(2,3)4;2-1(3,4)8(5,6)7/h5-9H2,1-4H3;(H,5,6,7)/q+1;/p-1. The van der Waals surface area contributed by atoms with E-state index < -0.39 is 15.6 Å². The van der Waals surface area contributed by atoms with Gasteiger partial charge >= 0.3 is 5.51 Å². The molecule has 0 rings (SSSR count). The summed E-state index contributed by atoms with van der Waals surface area (Å²) in [5.41, 5.74) is -5.65. The lowest BCUT2D eigenvalue weighted by Gasteiger charge is -2.23. The van der Waals surface area contributed by atoms with Crippen molar-refractivity contribution in [3.63, 3.8) is 0 Å². The molecular weight excluding hydrogens is 271 g/mol. The smallest absolute Gasteiger partial charge is 0.485 e. The number of quaternary nitrogens is 1. The van der Waals surface area contributed by atoms with Crippen LogP contribution in [0.3, 0.4) is 0 Å². The van der Waals surface area contributed by atoms with Crippen molar-refractivity contribution in [2.45, 2.75) is 38.1 Å². The molecule has 0 atom stereocenters. The molecule has 4 nitrogen and oxygen atoms in total. The van der Waals surface area contributed by atoms with Crippen LogP contribution in [0.4, 0.5) is 13.2 Å². The van der Waals surface area contributed by atoms with E-state index in [1.807, 2.05) is 0 Å². The summed E-state index contributed by atoms with van der Waals surface area (Å²) in [6.07, 6.45) is 5.54. The zero-order chi connectivity index (χ0) is 15.0. The van der Waals surface area contributed by atoms with E-state index in [1.54, 1.807) is 0 Å². The summed E-state index contributed by atoms with van der Waals surface area (Å²) >= 11 is 0. The molecular formula is C10H22F3NO3S. The van der Waals surface area contributed by atoms with Crippen molar-refractivity contribution in [1.82, 2.24) is 0 Å². The third-order valence-corrected chi connectivity index (χ3v) is 2.53. The van der Waals surface area contributed by atoms with E-state index in [0.717, 1.165) is 4.48 Å². The molecule has 0 bridgehead atoms. The van der Waals surface area contributed by atoms with E-state index in [4.69, 9.17) is 13.0 Å². The zero-order valence-electron chi connectivity index (χ0n) is 11.2. The Labute approximate surface area is 107 Å². The average Bonchev–Trinajstić information content (AvgIpc) is 2.08. The lowest BCUT2D eigenvalue weighted by Crippen LogP contribution is -2.35. The Morgan fingerprint density at radius 3 is 1.67 bits per heavy atom. The van der Waals surface area contributed by atoms with E-state index in [2.05, 4.69) is 28.1 Å². The summed E-state index contributed by atoms with van der Waals surface area (Å²) in [6.45, 7) is 3.58. The van der Waals surface area contributed by atoms with Crippen molar-refractivity contribution in [2.24, 2.45) is 0 Å².